The van der Waals surface area contributed by atoms with Crippen molar-refractivity contribution in [2.24, 2.45) is 0 Å². The maximum Gasteiger partial charge on any atom is 0.326 e. The van der Waals surface area contributed by atoms with Crippen molar-refractivity contribution < 1.29 is 26.6 Å². The first kappa shape index (κ1) is 35.3. The molecule has 0 N–H and O–H groups in total. The minimum absolute atomic E-state index is 0.169. The second-order valence-corrected chi connectivity index (χ2v) is 28.1. The van der Waals surface area contributed by atoms with Gasteiger partial charge in [0.05, 0.1) is 16.8 Å². The summed E-state index contributed by atoms with van der Waals surface area (Å²) < 4.78 is 43.1. The highest BCUT2D eigenvalue weighted by Crippen LogP contribution is 2.57. The summed E-state index contributed by atoms with van der Waals surface area (Å²) in [6.45, 7) is 21.7. The lowest BCUT2D eigenvalue weighted by Crippen LogP contribution is -2.74. The molecule has 1 saturated heterocycles. The van der Waals surface area contributed by atoms with Gasteiger partial charge in [0.15, 0.2) is 0 Å². The molecule has 0 aromatic rings. The fourth-order valence-corrected chi connectivity index (χ4v) is 29.3. The molecule has 0 radical (unpaired) electrons. The lowest BCUT2D eigenvalue weighted by Gasteiger charge is -2.58. The van der Waals surface area contributed by atoms with Crippen LogP contribution in [0.25, 0.3) is 0 Å². The number of hydrogen-bond acceptors (Lipinski definition) is 6. The Morgan fingerprint density at radius 3 is 0.833 bits per heavy atom. The zero-order valence-corrected chi connectivity index (χ0v) is 31.9. The third kappa shape index (κ3) is 9.47. The first-order valence-corrected chi connectivity index (χ1v) is 23.9. The van der Waals surface area contributed by atoms with E-state index in [1.807, 2.05) is 0 Å². The number of rotatable bonds is 12. The van der Waals surface area contributed by atoms with Crippen LogP contribution in [0, 0.1) is 0 Å². The first-order chi connectivity index (χ1) is 19.6. The summed E-state index contributed by atoms with van der Waals surface area (Å²) in [5, 5.41) is 0. The van der Waals surface area contributed by atoms with E-state index < -0.39 is 25.7 Å². The van der Waals surface area contributed by atoms with Crippen LogP contribution in [0.2, 0.25) is 34.8 Å². The lowest BCUT2D eigenvalue weighted by molar-refractivity contribution is -0.00255. The molecule has 3 saturated carbocycles. The zero-order chi connectivity index (χ0) is 30.7. The monoisotopic (exact) mass is 642 g/mol. The average Bonchev–Trinajstić information content (AvgIpc) is 3.66. The summed E-state index contributed by atoms with van der Waals surface area (Å²) in [7, 11) is -8.05. The second-order valence-electron chi connectivity index (χ2n) is 16.8. The van der Waals surface area contributed by atoms with Crippen LogP contribution in [0.3, 0.4) is 0 Å². The number of ether oxygens (including phenoxy) is 3. The highest BCUT2D eigenvalue weighted by atomic mass is 28.5. The normalized spacial score (nSPS) is 32.8. The molecule has 4 fully saturated rings. The van der Waals surface area contributed by atoms with Crippen molar-refractivity contribution in [3.8, 4) is 0 Å². The Balaban J connectivity index is 1.79. The van der Waals surface area contributed by atoms with E-state index in [1.54, 1.807) is 0 Å². The summed E-state index contributed by atoms with van der Waals surface area (Å²) in [6, 6.07) is 2.80. The van der Waals surface area contributed by atoms with Gasteiger partial charge in [-0.2, -0.15) is 0 Å². The highest BCUT2D eigenvalue weighted by Gasteiger charge is 2.68. The summed E-state index contributed by atoms with van der Waals surface area (Å²) >= 11 is 0. The van der Waals surface area contributed by atoms with E-state index in [2.05, 4.69) is 62.3 Å². The highest BCUT2D eigenvalue weighted by molar-refractivity contribution is 6.96. The van der Waals surface area contributed by atoms with E-state index in [4.69, 9.17) is 26.6 Å². The van der Waals surface area contributed by atoms with Crippen molar-refractivity contribution in [2.75, 3.05) is 19.8 Å². The molecule has 1 heterocycles. The molecule has 42 heavy (non-hydrogen) atoms. The molecule has 0 unspecified atom stereocenters. The lowest BCUT2D eigenvalue weighted by atomic mass is 10.2. The Bertz CT molecular complexity index is 715. The molecule has 0 bridgehead atoms. The van der Waals surface area contributed by atoms with Crippen LogP contribution in [-0.2, 0) is 26.6 Å². The molecule has 0 aromatic carbocycles. The molecule has 0 aromatic heterocycles. The van der Waals surface area contributed by atoms with Crippen molar-refractivity contribution in [1.29, 1.82) is 0 Å². The van der Waals surface area contributed by atoms with Gasteiger partial charge >= 0.3 is 25.7 Å². The maximum absolute atomic E-state index is 7.89. The predicted octanol–water partition coefficient (Wildman–Crippen LogP) is 9.65. The van der Waals surface area contributed by atoms with Gasteiger partial charge in [-0.1, -0.05) is 38.5 Å². The van der Waals surface area contributed by atoms with Crippen LogP contribution < -0.4 is 0 Å². The van der Waals surface area contributed by atoms with E-state index in [-0.39, 0.29) is 16.8 Å². The molecule has 4 aliphatic rings. The zero-order valence-electron chi connectivity index (χ0n) is 28.9. The molecule has 246 valence electrons. The van der Waals surface area contributed by atoms with Gasteiger partial charge in [-0.05, 0) is 101 Å². The Hall–Kier alpha value is 0.411. The molecular weight excluding hydrogens is 577 g/mol. The molecule has 4 rings (SSSR count). The van der Waals surface area contributed by atoms with Gasteiger partial charge in [-0.15, -0.1) is 0 Å². The van der Waals surface area contributed by atoms with Crippen LogP contribution in [0.1, 0.15) is 139 Å². The van der Waals surface area contributed by atoms with Gasteiger partial charge in [-0.3, -0.25) is 0 Å². The molecule has 0 atom stereocenters. The van der Waals surface area contributed by atoms with Crippen LogP contribution in [0.15, 0.2) is 0 Å². The predicted molar refractivity (Wildman–Crippen MR) is 179 cm³/mol. The van der Waals surface area contributed by atoms with E-state index in [1.165, 1.54) is 77.0 Å². The van der Waals surface area contributed by atoms with Crippen LogP contribution in [-0.4, -0.2) is 62.3 Å². The van der Waals surface area contributed by atoms with E-state index >= 15 is 0 Å². The van der Waals surface area contributed by atoms with Gasteiger partial charge in [-0.25, -0.2) is 0 Å². The molecular formula is C33H66O6Si3. The smallest absolute Gasteiger partial charge is 0.326 e. The molecule has 9 heteroatoms. The van der Waals surface area contributed by atoms with Crippen molar-refractivity contribution in [2.45, 2.75) is 191 Å². The number of hydrogen-bond donors (Lipinski definition) is 0. The van der Waals surface area contributed by atoms with Crippen molar-refractivity contribution >= 4 is 25.7 Å². The van der Waals surface area contributed by atoms with E-state index in [0.717, 1.165) is 18.1 Å². The topological polar surface area (TPSA) is 55.4 Å². The van der Waals surface area contributed by atoms with Gasteiger partial charge < -0.3 is 26.6 Å². The van der Waals surface area contributed by atoms with Crippen LogP contribution in [0.5, 0.6) is 0 Å². The fourth-order valence-electron chi connectivity index (χ4n) is 7.95. The molecule has 1 aliphatic heterocycles. The summed E-state index contributed by atoms with van der Waals surface area (Å²) in [5.41, 5.74) is 1.11. The quantitative estimate of drug-likeness (QED) is 0.198. The maximum atomic E-state index is 7.89. The Kier molecular flexibility index (Phi) is 11.8. The first-order valence-electron chi connectivity index (χ1n) is 17.6. The minimum atomic E-state index is -2.68. The molecule has 6 nitrogen and oxygen atoms in total. The Labute approximate surface area is 262 Å². The largest absolute Gasteiger partial charge is 0.415 e. The van der Waals surface area contributed by atoms with Crippen molar-refractivity contribution in [1.82, 2.24) is 0 Å². The summed E-state index contributed by atoms with van der Waals surface area (Å²) in [5.74, 6) is 0. The third-order valence-corrected chi connectivity index (χ3v) is 26.4. The van der Waals surface area contributed by atoms with Crippen molar-refractivity contribution in [3.63, 3.8) is 0 Å². The second kappa shape index (κ2) is 14.0. The summed E-state index contributed by atoms with van der Waals surface area (Å²) in [6.07, 6.45) is 15.2. The molecule has 3 aliphatic carbocycles. The van der Waals surface area contributed by atoms with Gasteiger partial charge in [0.25, 0.3) is 0 Å². The van der Waals surface area contributed by atoms with E-state index in [9.17, 15) is 0 Å². The SMILES string of the molecule is CC(C)(C)OCC[Si]1(C2CCCC2)O[Si](CCOC(C)(C)C)(C2CCCC2)O[Si](CCOC(C)(C)C)(C2CCCC2)O1. The molecule has 0 spiro atoms. The standard InChI is InChI=1S/C33H66O6Si3/c1-31(2,3)34-22-25-40(28-16-10-11-17-28)37-41(29-18-12-13-19-29,26-23-35-32(4,5)6)39-42(38-40,30-20-14-15-21-30)27-24-36-33(7,8)9/h28-30H,10-27H2,1-9H3. The van der Waals surface area contributed by atoms with Crippen LogP contribution >= 0.6 is 0 Å². The van der Waals surface area contributed by atoms with Gasteiger partial charge in [0.2, 0.25) is 0 Å². The average molecular weight is 643 g/mol. The fraction of sp³-hybridized carbons (Fsp3) is 1.00. The Morgan fingerprint density at radius 1 is 0.429 bits per heavy atom. The van der Waals surface area contributed by atoms with Gasteiger partial charge in [0.1, 0.15) is 0 Å². The summed E-state index contributed by atoms with van der Waals surface area (Å²) in [4.78, 5) is 0. The third-order valence-electron chi connectivity index (χ3n) is 9.92. The minimum Gasteiger partial charge on any atom is -0.415 e. The van der Waals surface area contributed by atoms with Crippen molar-refractivity contribution in [3.05, 3.63) is 0 Å². The molecule has 0 amide bonds. The van der Waals surface area contributed by atoms with Crippen LogP contribution in [0.4, 0.5) is 0 Å². The van der Waals surface area contributed by atoms with Gasteiger partial charge in [0, 0.05) is 54.6 Å². The Morgan fingerprint density at radius 2 is 0.643 bits per heavy atom. The van der Waals surface area contributed by atoms with E-state index in [0.29, 0.717) is 36.4 Å².